The van der Waals surface area contributed by atoms with E-state index in [2.05, 4.69) is 16.0 Å². The number of thiocarbonyl (C=S) groups is 1. The molecule has 0 radical (unpaired) electrons. The summed E-state index contributed by atoms with van der Waals surface area (Å²) in [6, 6.07) is 33.7. The molecule has 0 heterocycles. The van der Waals surface area contributed by atoms with E-state index < -0.39 is 5.92 Å². The summed E-state index contributed by atoms with van der Waals surface area (Å²) in [5, 5.41) is 8.93. The quantitative estimate of drug-likeness (QED) is 0.302. The highest BCUT2D eigenvalue weighted by atomic mass is 32.1. The maximum Gasteiger partial charge on any atom is 0.255 e. The predicted octanol–water partition coefficient (Wildman–Crippen LogP) is 5.89. The van der Waals surface area contributed by atoms with Gasteiger partial charge in [0.25, 0.3) is 5.91 Å². The Morgan fingerprint density at radius 1 is 0.686 bits per heavy atom. The molecule has 2 amide bonds. The molecule has 0 spiro atoms. The Morgan fingerprint density at radius 2 is 1.23 bits per heavy atom. The second kappa shape index (κ2) is 11.2. The maximum atomic E-state index is 13.2. The lowest BCUT2D eigenvalue weighted by molar-refractivity contribution is -0.120. The zero-order valence-electron chi connectivity index (χ0n) is 19.2. The van der Waals surface area contributed by atoms with Crippen molar-refractivity contribution in [1.29, 1.82) is 0 Å². The van der Waals surface area contributed by atoms with Gasteiger partial charge < -0.3 is 16.0 Å². The van der Waals surface area contributed by atoms with E-state index in [1.807, 2.05) is 85.8 Å². The number of hydrogen-bond acceptors (Lipinski definition) is 3. The second-order valence-electron chi connectivity index (χ2n) is 8.10. The van der Waals surface area contributed by atoms with Gasteiger partial charge in [-0.15, -0.1) is 0 Å². The molecule has 4 aromatic carbocycles. The first-order chi connectivity index (χ1) is 17.0. The van der Waals surface area contributed by atoms with Crippen molar-refractivity contribution >= 4 is 40.5 Å². The highest BCUT2D eigenvalue weighted by Crippen LogP contribution is 2.25. The Labute approximate surface area is 210 Å². The molecule has 3 N–H and O–H groups in total. The highest BCUT2D eigenvalue weighted by Gasteiger charge is 2.23. The van der Waals surface area contributed by atoms with Crippen LogP contribution in [0, 0.1) is 6.92 Å². The van der Waals surface area contributed by atoms with Crippen LogP contribution in [0.5, 0.6) is 0 Å². The average molecular weight is 480 g/mol. The molecule has 4 aromatic rings. The van der Waals surface area contributed by atoms with Crippen LogP contribution < -0.4 is 16.0 Å². The molecule has 0 aromatic heterocycles. The number of aryl methyl sites for hydroxylation is 1. The SMILES string of the molecule is Cc1cccc(C(=O)Nc2ccc(NC(=S)NC(=O)C(c3ccccc3)c3ccccc3)cc2)c1. The van der Waals surface area contributed by atoms with Gasteiger partial charge in [-0.25, -0.2) is 0 Å². The zero-order valence-corrected chi connectivity index (χ0v) is 20.0. The molecular weight excluding hydrogens is 454 g/mol. The Bertz CT molecular complexity index is 1280. The van der Waals surface area contributed by atoms with Crippen LogP contribution >= 0.6 is 12.2 Å². The first kappa shape index (κ1) is 23.9. The van der Waals surface area contributed by atoms with Crippen LogP contribution in [0.2, 0.25) is 0 Å². The standard InChI is InChI=1S/C29H25N3O2S/c1-20-9-8-14-23(19-20)27(33)30-24-15-17-25(18-16-24)31-29(35)32-28(34)26(21-10-4-2-5-11-21)22-12-6-3-7-13-22/h2-19,26H,1H3,(H,30,33)(H2,31,32,34,35). The summed E-state index contributed by atoms with van der Waals surface area (Å²) in [7, 11) is 0. The van der Waals surface area contributed by atoms with Crippen molar-refractivity contribution in [2.75, 3.05) is 10.6 Å². The lowest BCUT2D eigenvalue weighted by Gasteiger charge is -2.18. The molecule has 35 heavy (non-hydrogen) atoms. The Morgan fingerprint density at radius 3 is 1.77 bits per heavy atom. The number of anilines is 2. The van der Waals surface area contributed by atoms with Crippen LogP contribution in [-0.2, 0) is 4.79 Å². The molecule has 5 nitrogen and oxygen atoms in total. The minimum Gasteiger partial charge on any atom is -0.332 e. The third-order valence-electron chi connectivity index (χ3n) is 5.45. The van der Waals surface area contributed by atoms with Gasteiger partial charge in [0.15, 0.2) is 5.11 Å². The first-order valence-electron chi connectivity index (χ1n) is 11.2. The van der Waals surface area contributed by atoms with Gasteiger partial charge in [0.2, 0.25) is 5.91 Å². The predicted molar refractivity (Wildman–Crippen MR) is 145 cm³/mol. The number of carbonyl (C=O) groups excluding carboxylic acids is 2. The minimum atomic E-state index is -0.489. The summed E-state index contributed by atoms with van der Waals surface area (Å²) >= 11 is 5.40. The lowest BCUT2D eigenvalue weighted by atomic mass is 9.90. The summed E-state index contributed by atoms with van der Waals surface area (Å²) in [5.41, 5.74) is 4.74. The normalized spacial score (nSPS) is 10.5. The van der Waals surface area contributed by atoms with E-state index >= 15 is 0 Å². The first-order valence-corrected chi connectivity index (χ1v) is 11.6. The van der Waals surface area contributed by atoms with E-state index in [0.29, 0.717) is 16.9 Å². The van der Waals surface area contributed by atoms with Gasteiger partial charge in [0, 0.05) is 16.9 Å². The third kappa shape index (κ3) is 6.40. The molecule has 0 unspecified atom stereocenters. The van der Waals surface area contributed by atoms with Gasteiger partial charge in [-0.2, -0.15) is 0 Å². The number of nitrogens with one attached hydrogen (secondary N) is 3. The van der Waals surface area contributed by atoms with E-state index in [9.17, 15) is 9.59 Å². The number of rotatable bonds is 6. The van der Waals surface area contributed by atoms with Crippen molar-refractivity contribution in [3.8, 4) is 0 Å². The Balaban J connectivity index is 1.39. The fourth-order valence-corrected chi connectivity index (χ4v) is 3.98. The largest absolute Gasteiger partial charge is 0.332 e. The van der Waals surface area contributed by atoms with Crippen LogP contribution in [0.1, 0.15) is 33.0 Å². The summed E-state index contributed by atoms with van der Waals surface area (Å²) in [5.74, 6) is -0.886. The van der Waals surface area contributed by atoms with Gasteiger partial charge in [-0.05, 0) is 66.7 Å². The van der Waals surface area contributed by atoms with Crippen LogP contribution in [0.3, 0.4) is 0 Å². The van der Waals surface area contributed by atoms with Gasteiger partial charge in [-0.3, -0.25) is 9.59 Å². The number of carbonyl (C=O) groups is 2. The van der Waals surface area contributed by atoms with Crippen LogP contribution in [-0.4, -0.2) is 16.9 Å². The highest BCUT2D eigenvalue weighted by molar-refractivity contribution is 7.80. The van der Waals surface area contributed by atoms with Crippen LogP contribution in [0.4, 0.5) is 11.4 Å². The van der Waals surface area contributed by atoms with E-state index in [0.717, 1.165) is 16.7 Å². The molecule has 0 saturated carbocycles. The van der Waals surface area contributed by atoms with Crippen molar-refractivity contribution in [2.24, 2.45) is 0 Å². The molecule has 0 saturated heterocycles. The van der Waals surface area contributed by atoms with E-state index in [1.165, 1.54) is 0 Å². The van der Waals surface area contributed by atoms with Crippen molar-refractivity contribution < 1.29 is 9.59 Å². The van der Waals surface area contributed by atoms with Gasteiger partial charge >= 0.3 is 0 Å². The van der Waals surface area contributed by atoms with Crippen molar-refractivity contribution in [2.45, 2.75) is 12.8 Å². The summed E-state index contributed by atoms with van der Waals surface area (Å²) < 4.78 is 0. The molecule has 0 aliphatic rings. The maximum absolute atomic E-state index is 13.2. The van der Waals surface area contributed by atoms with Gasteiger partial charge in [0.1, 0.15) is 0 Å². The number of amides is 2. The van der Waals surface area contributed by atoms with E-state index in [4.69, 9.17) is 12.2 Å². The number of benzene rings is 4. The summed E-state index contributed by atoms with van der Waals surface area (Å²) in [4.78, 5) is 25.6. The van der Waals surface area contributed by atoms with E-state index in [-0.39, 0.29) is 16.9 Å². The second-order valence-corrected chi connectivity index (χ2v) is 8.51. The molecule has 0 aliphatic carbocycles. The molecule has 6 heteroatoms. The van der Waals surface area contributed by atoms with E-state index in [1.54, 1.807) is 30.3 Å². The smallest absolute Gasteiger partial charge is 0.255 e. The molecule has 4 rings (SSSR count). The fourth-order valence-electron chi connectivity index (χ4n) is 3.76. The summed E-state index contributed by atoms with van der Waals surface area (Å²) in [6.07, 6.45) is 0. The fraction of sp³-hybridized carbons (Fsp3) is 0.0690. The monoisotopic (exact) mass is 479 g/mol. The van der Waals surface area contributed by atoms with Crippen LogP contribution in [0.25, 0.3) is 0 Å². The lowest BCUT2D eigenvalue weighted by Crippen LogP contribution is -2.37. The summed E-state index contributed by atoms with van der Waals surface area (Å²) in [6.45, 7) is 1.95. The molecule has 0 bridgehead atoms. The average Bonchev–Trinajstić information content (AvgIpc) is 2.86. The topological polar surface area (TPSA) is 70.2 Å². The minimum absolute atomic E-state index is 0.176. The van der Waals surface area contributed by atoms with Gasteiger partial charge in [-0.1, -0.05) is 78.4 Å². The zero-order chi connectivity index (χ0) is 24.6. The van der Waals surface area contributed by atoms with Crippen molar-refractivity contribution in [3.05, 3.63) is 131 Å². The molecule has 0 fully saturated rings. The van der Waals surface area contributed by atoms with Gasteiger partial charge in [0.05, 0.1) is 5.92 Å². The van der Waals surface area contributed by atoms with Crippen molar-refractivity contribution in [3.63, 3.8) is 0 Å². The molecular formula is C29H25N3O2S. The Hall–Kier alpha value is -4.29. The number of hydrogen-bond donors (Lipinski definition) is 3. The molecule has 0 atom stereocenters. The van der Waals surface area contributed by atoms with Crippen molar-refractivity contribution in [1.82, 2.24) is 5.32 Å². The third-order valence-corrected chi connectivity index (χ3v) is 5.65. The van der Waals surface area contributed by atoms with Crippen LogP contribution in [0.15, 0.2) is 109 Å². The molecule has 174 valence electrons. The molecule has 0 aliphatic heterocycles. The Kier molecular flexibility index (Phi) is 7.65.